The number of benzene rings is 4. The first-order valence-electron chi connectivity index (χ1n) is 33.2. The summed E-state index contributed by atoms with van der Waals surface area (Å²) in [5.41, 5.74) is 28.3. The van der Waals surface area contributed by atoms with Crippen molar-refractivity contribution in [2.45, 2.75) is 113 Å². The number of primary amides is 1. The van der Waals surface area contributed by atoms with Crippen LogP contribution in [0.3, 0.4) is 0 Å². The number of amides is 10. The number of aromatic nitrogens is 4. The standard InChI is InChI=1S/C69H87N21O12S/c1-103-25-22-52(62(97)83-36-59(93)94)87-65(100)54(28-39-33-80-48-18-8-4-14-43(39)48)90-66(101)55(29-40-34-81-49-19-9-5-15-44(40)49)89-63(98)51(21-11-24-77-69(74)75)86-64(99)53(27-38-32-79-47-17-7-3-13-42(38)47)84-58(92)35-82-61(96)50(20-10-23-76-68(72)73)85-67(102)56(30-57(71)91)88-60(95)45(70)26-37-31-78-46-16-6-2-12-41(37)46/h2-9,12-19,31-34,45,50-56,78-81H,10-11,20-30,35-36,70H2,1H3,(H2,71,91)(H,82,96)(H,83,97)(H,84,92)(H,85,102)(H,86,99)(H,87,100)(H,88,95)(H,89,98)(H,90,101)(H,93,94)(H4,72,73,76)(H4,74,75,77)/t45-,50-,51-,52-,53-,54-,55-,56-/m0/s1. The van der Waals surface area contributed by atoms with Crippen LogP contribution in [0.5, 0.6) is 0 Å². The molecule has 0 aliphatic carbocycles. The number of thioether (sulfide) groups is 1. The van der Waals surface area contributed by atoms with E-state index in [1.54, 1.807) is 79.6 Å². The lowest BCUT2D eigenvalue weighted by molar-refractivity contribution is -0.138. The Kier molecular flexibility index (Phi) is 27.9. The molecule has 0 aliphatic heterocycles. The molecular formula is C69H87N21O12S. The second kappa shape index (κ2) is 37.5. The molecule has 8 rings (SSSR count). The van der Waals surface area contributed by atoms with Gasteiger partial charge >= 0.3 is 5.97 Å². The molecule has 4 aromatic carbocycles. The van der Waals surface area contributed by atoms with E-state index in [0.717, 1.165) is 21.8 Å². The van der Waals surface area contributed by atoms with Crippen LogP contribution >= 0.6 is 11.8 Å². The van der Waals surface area contributed by atoms with E-state index in [0.29, 0.717) is 49.8 Å². The Bertz CT molecular complexity index is 4380. The number of carbonyl (C=O) groups excluding carboxylic acids is 10. The molecular weight excluding hydrogens is 1350 g/mol. The fourth-order valence-electron chi connectivity index (χ4n) is 11.8. The average molecular weight is 1430 g/mol. The maximum absolute atomic E-state index is 15.3. The molecule has 0 saturated carbocycles. The van der Waals surface area contributed by atoms with Crippen molar-refractivity contribution in [1.29, 1.82) is 10.8 Å². The number of carboxylic acids is 1. The summed E-state index contributed by atoms with van der Waals surface area (Å²) < 4.78 is 0. The minimum atomic E-state index is -1.62. The molecule has 103 heavy (non-hydrogen) atoms. The third kappa shape index (κ3) is 22.5. The normalized spacial score (nSPS) is 13.5. The third-order valence-electron chi connectivity index (χ3n) is 17.0. The number of aliphatic carboxylic acids is 1. The molecule has 26 N–H and O–H groups in total. The Morgan fingerprint density at radius 1 is 0.417 bits per heavy atom. The number of para-hydroxylation sites is 4. The molecule has 0 aliphatic rings. The first-order chi connectivity index (χ1) is 49.4. The fourth-order valence-corrected chi connectivity index (χ4v) is 12.3. The van der Waals surface area contributed by atoms with E-state index in [4.69, 9.17) is 33.8 Å². The number of H-pyrrole nitrogens is 4. The Morgan fingerprint density at radius 3 is 1.14 bits per heavy atom. The quantitative estimate of drug-likeness (QED) is 0.0125. The van der Waals surface area contributed by atoms with Crippen LogP contribution in [0.2, 0.25) is 0 Å². The molecule has 0 spiro atoms. The van der Waals surface area contributed by atoms with Crippen LogP contribution in [0.4, 0.5) is 0 Å². The van der Waals surface area contributed by atoms with E-state index in [9.17, 15) is 43.5 Å². The van der Waals surface area contributed by atoms with E-state index in [2.05, 4.69) is 78.4 Å². The van der Waals surface area contributed by atoms with Crippen molar-refractivity contribution in [2.75, 3.05) is 38.2 Å². The van der Waals surface area contributed by atoms with Crippen LogP contribution in [0.25, 0.3) is 43.6 Å². The van der Waals surface area contributed by atoms with Gasteiger partial charge in [-0.25, -0.2) is 0 Å². The highest BCUT2D eigenvalue weighted by Gasteiger charge is 2.36. The zero-order chi connectivity index (χ0) is 74.1. The Labute approximate surface area is 594 Å². The molecule has 0 unspecified atom stereocenters. The van der Waals surface area contributed by atoms with Gasteiger partial charge in [-0.1, -0.05) is 72.8 Å². The van der Waals surface area contributed by atoms with Crippen molar-refractivity contribution in [3.63, 3.8) is 0 Å². The van der Waals surface area contributed by atoms with Crippen LogP contribution in [0.15, 0.2) is 122 Å². The minimum absolute atomic E-state index is 0.0378. The summed E-state index contributed by atoms with van der Waals surface area (Å²) in [5.74, 6) is -10.6. The van der Waals surface area contributed by atoms with Gasteiger partial charge in [0.05, 0.1) is 19.0 Å². The average Bonchev–Trinajstić information content (AvgIpc) is 1.71. The summed E-state index contributed by atoms with van der Waals surface area (Å²) >= 11 is 1.38. The number of carboxylic acid groups (broad SMARTS) is 1. The predicted octanol–water partition coefficient (Wildman–Crippen LogP) is -0.925. The van der Waals surface area contributed by atoms with Gasteiger partial charge in [0.2, 0.25) is 59.1 Å². The molecule has 546 valence electrons. The number of hydrogen-bond acceptors (Lipinski definition) is 15. The van der Waals surface area contributed by atoms with Crippen molar-refractivity contribution < 1.29 is 57.8 Å². The number of guanidine groups is 2. The lowest BCUT2D eigenvalue weighted by atomic mass is 10.0. The molecule has 0 fully saturated rings. The van der Waals surface area contributed by atoms with Gasteiger partial charge < -0.3 is 106 Å². The van der Waals surface area contributed by atoms with Crippen molar-refractivity contribution in [2.24, 2.45) is 22.9 Å². The highest BCUT2D eigenvalue weighted by Crippen LogP contribution is 2.24. The SMILES string of the molecule is CSCC[C@H](NC(=O)[C@H](Cc1c[nH]c2ccccc12)NC(=O)[C@H](Cc1c[nH]c2ccccc12)NC(=O)[C@H](CCCNC(=N)N)NC(=O)[C@H](Cc1c[nH]c2ccccc12)NC(=O)CNC(=O)[C@H](CCCNC(=N)N)NC(=O)[C@H](CC(N)=O)NC(=O)[C@@H](N)Cc1c[nH]c2ccccc12)C(=O)NCC(=O)O. The summed E-state index contributed by atoms with van der Waals surface area (Å²) in [6, 6.07) is 17.4. The van der Waals surface area contributed by atoms with E-state index < -0.39 is 133 Å². The number of fused-ring (bicyclic) bond motifs is 4. The van der Waals surface area contributed by atoms with Crippen LogP contribution in [0.1, 0.15) is 60.8 Å². The second-order valence-corrected chi connectivity index (χ2v) is 25.6. The van der Waals surface area contributed by atoms with Crippen LogP contribution in [0, 0.1) is 10.8 Å². The van der Waals surface area contributed by atoms with Gasteiger partial charge in [-0.3, -0.25) is 63.6 Å². The van der Waals surface area contributed by atoms with Crippen LogP contribution in [-0.4, -0.2) is 189 Å². The summed E-state index contributed by atoms with van der Waals surface area (Å²) in [6.45, 7) is -1.43. The van der Waals surface area contributed by atoms with Gasteiger partial charge in [-0.2, -0.15) is 11.8 Å². The maximum Gasteiger partial charge on any atom is 0.322 e. The number of rotatable bonds is 40. The molecule has 0 radical (unpaired) electrons. The van der Waals surface area contributed by atoms with Gasteiger partial charge in [-0.05, 0) is 97.1 Å². The summed E-state index contributed by atoms with van der Waals surface area (Å²) in [4.78, 5) is 166. The predicted molar refractivity (Wildman–Crippen MR) is 388 cm³/mol. The lowest BCUT2D eigenvalue weighted by Gasteiger charge is -2.27. The number of nitrogens with two attached hydrogens (primary N) is 4. The highest BCUT2D eigenvalue weighted by atomic mass is 32.2. The van der Waals surface area contributed by atoms with Crippen molar-refractivity contribution in [1.82, 2.24) is 78.4 Å². The van der Waals surface area contributed by atoms with Gasteiger partial charge in [0, 0.05) is 101 Å². The first kappa shape index (κ1) is 76.8. The van der Waals surface area contributed by atoms with Gasteiger partial charge in [0.25, 0.3) is 0 Å². The number of nitrogens with one attached hydrogen (secondary N) is 17. The highest BCUT2D eigenvalue weighted by molar-refractivity contribution is 7.98. The molecule has 4 heterocycles. The zero-order valence-corrected chi connectivity index (χ0v) is 57.2. The van der Waals surface area contributed by atoms with Crippen molar-refractivity contribution in [3.05, 3.63) is 144 Å². The first-order valence-corrected chi connectivity index (χ1v) is 34.6. The minimum Gasteiger partial charge on any atom is -0.480 e. The topological polar surface area (TPSA) is 555 Å². The Hall–Kier alpha value is -11.9. The summed E-state index contributed by atoms with van der Waals surface area (Å²) in [6.07, 6.45) is 7.23. The van der Waals surface area contributed by atoms with E-state index >= 15 is 14.4 Å². The van der Waals surface area contributed by atoms with Crippen LogP contribution < -0.4 is 81.4 Å². The van der Waals surface area contributed by atoms with Gasteiger partial charge in [0.15, 0.2) is 11.9 Å². The number of carbonyl (C=O) groups is 11. The summed E-state index contributed by atoms with van der Waals surface area (Å²) in [7, 11) is 0. The van der Waals surface area contributed by atoms with Crippen molar-refractivity contribution >= 4 is 132 Å². The Balaban J connectivity index is 1.04. The number of hydrogen-bond donors (Lipinski definition) is 22. The molecule has 10 amide bonds. The monoisotopic (exact) mass is 1430 g/mol. The maximum atomic E-state index is 15.3. The van der Waals surface area contributed by atoms with E-state index in [1.165, 1.54) is 11.8 Å². The molecule has 4 aromatic heterocycles. The van der Waals surface area contributed by atoms with Gasteiger partial charge in [0.1, 0.15) is 48.8 Å². The fraction of sp³-hybridized carbons (Fsp3) is 0.348. The molecule has 34 heteroatoms. The van der Waals surface area contributed by atoms with Crippen molar-refractivity contribution in [3.8, 4) is 0 Å². The van der Waals surface area contributed by atoms with E-state index in [1.807, 2.05) is 48.5 Å². The third-order valence-corrected chi connectivity index (χ3v) is 17.7. The molecule has 8 atom stereocenters. The molecule has 33 nitrogen and oxygen atoms in total. The van der Waals surface area contributed by atoms with E-state index in [-0.39, 0.29) is 82.8 Å². The summed E-state index contributed by atoms with van der Waals surface area (Å²) in [5, 5.41) is 56.6. The zero-order valence-electron chi connectivity index (χ0n) is 56.4. The van der Waals surface area contributed by atoms with Crippen LogP contribution in [-0.2, 0) is 78.4 Å². The number of aromatic amines is 4. The lowest BCUT2D eigenvalue weighted by Crippen LogP contribution is -2.60. The molecule has 0 saturated heterocycles. The van der Waals surface area contributed by atoms with Gasteiger partial charge in [-0.15, -0.1) is 0 Å². The largest absolute Gasteiger partial charge is 0.480 e. The Morgan fingerprint density at radius 2 is 0.748 bits per heavy atom. The second-order valence-electron chi connectivity index (χ2n) is 24.6. The molecule has 0 bridgehead atoms. The smallest absolute Gasteiger partial charge is 0.322 e. The molecule has 8 aromatic rings.